The fraction of sp³-hybridized carbons (Fsp3) is 0.571. The van der Waals surface area contributed by atoms with Crippen molar-refractivity contribution in [3.05, 3.63) is 24.0 Å². The maximum Gasteiger partial charge on any atom is 0.255 e. The van der Waals surface area contributed by atoms with E-state index >= 15 is 0 Å². The molecule has 0 atom stereocenters. The van der Waals surface area contributed by atoms with Crippen molar-refractivity contribution in [3.63, 3.8) is 0 Å². The molecule has 0 aromatic carbocycles. The topological polar surface area (TPSA) is 76.9 Å². The highest BCUT2D eigenvalue weighted by Crippen LogP contribution is 2.14. The van der Waals surface area contributed by atoms with Crippen molar-refractivity contribution in [3.8, 4) is 5.75 Å². The SMILES string of the molecule is CC(C)(O)CN1CCN(C(=O)c2cncc(O)c2)CC1. The summed E-state index contributed by atoms with van der Waals surface area (Å²) < 4.78 is 0. The third-order valence-electron chi connectivity index (χ3n) is 3.24. The van der Waals surface area contributed by atoms with Crippen LogP contribution in [-0.2, 0) is 0 Å². The van der Waals surface area contributed by atoms with Crippen LogP contribution in [0.25, 0.3) is 0 Å². The molecule has 1 aliphatic heterocycles. The smallest absolute Gasteiger partial charge is 0.255 e. The Morgan fingerprint density at radius 1 is 1.30 bits per heavy atom. The lowest BCUT2D eigenvalue weighted by atomic mass is 10.1. The summed E-state index contributed by atoms with van der Waals surface area (Å²) in [6.07, 6.45) is 2.77. The van der Waals surface area contributed by atoms with Gasteiger partial charge in [-0.15, -0.1) is 0 Å². The number of nitrogens with zero attached hydrogens (tertiary/aromatic N) is 3. The lowest BCUT2D eigenvalue weighted by molar-refractivity contribution is 0.0178. The van der Waals surface area contributed by atoms with Crippen molar-refractivity contribution < 1.29 is 15.0 Å². The van der Waals surface area contributed by atoms with Crippen LogP contribution in [0.1, 0.15) is 24.2 Å². The van der Waals surface area contributed by atoms with Crippen LogP contribution in [0.4, 0.5) is 0 Å². The molecule has 0 spiro atoms. The van der Waals surface area contributed by atoms with Crippen molar-refractivity contribution in [2.75, 3.05) is 32.7 Å². The molecule has 2 heterocycles. The fourth-order valence-corrected chi connectivity index (χ4v) is 2.38. The zero-order chi connectivity index (χ0) is 14.8. The summed E-state index contributed by atoms with van der Waals surface area (Å²) in [4.78, 5) is 20.0. The van der Waals surface area contributed by atoms with Gasteiger partial charge >= 0.3 is 0 Å². The second-order valence-corrected chi connectivity index (χ2v) is 5.81. The Labute approximate surface area is 118 Å². The number of carbonyl (C=O) groups is 1. The third-order valence-corrected chi connectivity index (χ3v) is 3.24. The van der Waals surface area contributed by atoms with Crippen LogP contribution in [0.3, 0.4) is 0 Å². The number of hydrogen-bond donors (Lipinski definition) is 2. The molecule has 6 nitrogen and oxygen atoms in total. The number of aliphatic hydroxyl groups is 1. The molecule has 1 fully saturated rings. The van der Waals surface area contributed by atoms with Crippen LogP contribution in [-0.4, -0.2) is 69.2 Å². The van der Waals surface area contributed by atoms with Gasteiger partial charge in [-0.1, -0.05) is 0 Å². The first-order chi connectivity index (χ1) is 9.35. The molecule has 1 amide bonds. The zero-order valence-corrected chi connectivity index (χ0v) is 11.9. The summed E-state index contributed by atoms with van der Waals surface area (Å²) in [5.74, 6) is -0.118. The summed E-state index contributed by atoms with van der Waals surface area (Å²) in [5, 5.41) is 19.2. The van der Waals surface area contributed by atoms with Gasteiger partial charge in [-0.25, -0.2) is 0 Å². The quantitative estimate of drug-likeness (QED) is 0.833. The van der Waals surface area contributed by atoms with E-state index in [0.717, 1.165) is 13.1 Å². The molecule has 110 valence electrons. The molecule has 0 saturated carbocycles. The van der Waals surface area contributed by atoms with E-state index in [4.69, 9.17) is 0 Å². The van der Waals surface area contributed by atoms with E-state index in [1.54, 1.807) is 18.7 Å². The molecule has 1 aromatic heterocycles. The van der Waals surface area contributed by atoms with Crippen LogP contribution >= 0.6 is 0 Å². The first kappa shape index (κ1) is 14.7. The fourth-order valence-electron chi connectivity index (χ4n) is 2.38. The molecule has 0 aliphatic carbocycles. The molecule has 2 rings (SSSR count). The minimum absolute atomic E-state index is 0.00323. The van der Waals surface area contributed by atoms with Gasteiger partial charge < -0.3 is 15.1 Å². The highest BCUT2D eigenvalue weighted by molar-refractivity contribution is 5.94. The summed E-state index contributed by atoms with van der Waals surface area (Å²) >= 11 is 0. The van der Waals surface area contributed by atoms with Crippen LogP contribution in [0.5, 0.6) is 5.75 Å². The molecule has 6 heteroatoms. The van der Waals surface area contributed by atoms with Gasteiger partial charge in [0.1, 0.15) is 5.75 Å². The van der Waals surface area contributed by atoms with Gasteiger partial charge in [0.05, 0.1) is 17.4 Å². The normalized spacial score (nSPS) is 17.2. The maximum atomic E-state index is 12.3. The average Bonchev–Trinajstić information content (AvgIpc) is 2.37. The second kappa shape index (κ2) is 5.76. The zero-order valence-electron chi connectivity index (χ0n) is 11.9. The second-order valence-electron chi connectivity index (χ2n) is 5.81. The van der Waals surface area contributed by atoms with Crippen LogP contribution in [0, 0.1) is 0 Å². The lowest BCUT2D eigenvalue weighted by Crippen LogP contribution is -2.52. The Balaban J connectivity index is 1.92. The molecular weight excluding hydrogens is 258 g/mol. The number of pyridine rings is 1. The molecule has 2 N–H and O–H groups in total. The first-order valence-corrected chi connectivity index (χ1v) is 6.73. The average molecular weight is 279 g/mol. The van der Waals surface area contributed by atoms with Gasteiger partial charge in [0.15, 0.2) is 0 Å². The molecular formula is C14H21N3O3. The molecule has 0 bridgehead atoms. The molecule has 1 aromatic rings. The van der Waals surface area contributed by atoms with Gasteiger partial charge in [0.2, 0.25) is 0 Å². The van der Waals surface area contributed by atoms with E-state index in [0.29, 0.717) is 25.2 Å². The van der Waals surface area contributed by atoms with E-state index in [-0.39, 0.29) is 11.7 Å². The van der Waals surface area contributed by atoms with Gasteiger partial charge in [0, 0.05) is 38.9 Å². The molecule has 0 unspecified atom stereocenters. The lowest BCUT2D eigenvalue weighted by Gasteiger charge is -2.37. The minimum atomic E-state index is -0.721. The predicted octanol–water partition coefficient (Wildman–Crippen LogP) is 0.316. The van der Waals surface area contributed by atoms with E-state index < -0.39 is 5.60 Å². The molecule has 0 radical (unpaired) electrons. The monoisotopic (exact) mass is 279 g/mol. The van der Waals surface area contributed by atoms with Crippen molar-refractivity contribution in [2.45, 2.75) is 19.4 Å². The van der Waals surface area contributed by atoms with Crippen molar-refractivity contribution in [1.29, 1.82) is 0 Å². The Kier molecular flexibility index (Phi) is 4.25. The summed E-state index contributed by atoms with van der Waals surface area (Å²) in [6.45, 7) is 6.87. The van der Waals surface area contributed by atoms with Crippen LogP contribution in [0.15, 0.2) is 18.5 Å². The van der Waals surface area contributed by atoms with E-state index in [2.05, 4.69) is 9.88 Å². The standard InChI is InChI=1S/C14H21N3O3/c1-14(2,20)10-16-3-5-17(6-4-16)13(19)11-7-12(18)9-15-8-11/h7-9,18,20H,3-6,10H2,1-2H3. The molecule has 20 heavy (non-hydrogen) atoms. The molecule has 1 saturated heterocycles. The van der Waals surface area contributed by atoms with Crippen molar-refractivity contribution >= 4 is 5.91 Å². The number of hydrogen-bond acceptors (Lipinski definition) is 5. The van der Waals surface area contributed by atoms with Gasteiger partial charge in [0.25, 0.3) is 5.91 Å². The number of aromatic hydroxyl groups is 1. The number of piperazine rings is 1. The molecule has 1 aliphatic rings. The number of β-amino-alcohol motifs (C(OH)–C–C–N with tert-alkyl or cyclic N) is 1. The Bertz CT molecular complexity index is 477. The van der Waals surface area contributed by atoms with E-state index in [1.807, 2.05) is 0 Å². The van der Waals surface area contributed by atoms with Crippen LogP contribution < -0.4 is 0 Å². The van der Waals surface area contributed by atoms with Gasteiger partial charge in [-0.3, -0.25) is 14.7 Å². The Morgan fingerprint density at radius 2 is 1.95 bits per heavy atom. The van der Waals surface area contributed by atoms with Crippen LogP contribution in [0.2, 0.25) is 0 Å². The number of rotatable bonds is 3. The van der Waals surface area contributed by atoms with E-state index in [1.165, 1.54) is 18.5 Å². The largest absolute Gasteiger partial charge is 0.506 e. The summed E-state index contributed by atoms with van der Waals surface area (Å²) in [6, 6.07) is 1.43. The highest BCUT2D eigenvalue weighted by Gasteiger charge is 2.25. The van der Waals surface area contributed by atoms with Crippen molar-refractivity contribution in [2.24, 2.45) is 0 Å². The number of aromatic nitrogens is 1. The highest BCUT2D eigenvalue weighted by atomic mass is 16.3. The van der Waals surface area contributed by atoms with Gasteiger partial charge in [-0.2, -0.15) is 0 Å². The Hall–Kier alpha value is -1.66. The van der Waals surface area contributed by atoms with Crippen molar-refractivity contribution in [1.82, 2.24) is 14.8 Å². The summed E-state index contributed by atoms with van der Waals surface area (Å²) in [7, 11) is 0. The number of carbonyl (C=O) groups excluding carboxylic acids is 1. The van der Waals surface area contributed by atoms with Gasteiger partial charge in [-0.05, 0) is 19.9 Å². The summed E-state index contributed by atoms with van der Waals surface area (Å²) in [5.41, 5.74) is -0.317. The minimum Gasteiger partial charge on any atom is -0.506 e. The third kappa shape index (κ3) is 3.91. The number of amides is 1. The Morgan fingerprint density at radius 3 is 2.50 bits per heavy atom. The maximum absolute atomic E-state index is 12.3. The predicted molar refractivity (Wildman–Crippen MR) is 74.5 cm³/mol. The van der Waals surface area contributed by atoms with E-state index in [9.17, 15) is 15.0 Å². The first-order valence-electron chi connectivity index (χ1n) is 6.73.